The molecule has 1 amide bonds. The highest BCUT2D eigenvalue weighted by Crippen LogP contribution is 2.14. The van der Waals surface area contributed by atoms with Crippen molar-refractivity contribution in [3.8, 4) is 0 Å². The molecule has 7 heteroatoms. The van der Waals surface area contributed by atoms with Crippen LogP contribution in [-0.4, -0.2) is 42.2 Å². The Morgan fingerprint density at radius 3 is 2.83 bits per heavy atom. The van der Waals surface area contributed by atoms with Gasteiger partial charge < -0.3 is 14.8 Å². The van der Waals surface area contributed by atoms with Gasteiger partial charge in [-0.05, 0) is 30.9 Å². The van der Waals surface area contributed by atoms with Crippen molar-refractivity contribution in [3.63, 3.8) is 0 Å². The summed E-state index contributed by atoms with van der Waals surface area (Å²) in [4.78, 5) is 28.2. The number of hydrogen-bond acceptors (Lipinski definition) is 5. The van der Waals surface area contributed by atoms with Gasteiger partial charge in [-0.25, -0.2) is 9.78 Å². The van der Waals surface area contributed by atoms with Gasteiger partial charge in [-0.1, -0.05) is 25.4 Å². The first-order valence-corrected chi connectivity index (χ1v) is 8.07. The number of hydrogen-bond donors (Lipinski definition) is 1. The molecule has 2 rings (SSSR count). The molecule has 0 spiro atoms. The van der Waals surface area contributed by atoms with E-state index in [-0.39, 0.29) is 28.6 Å². The Morgan fingerprint density at radius 1 is 1.48 bits per heavy atom. The Morgan fingerprint density at radius 2 is 2.26 bits per heavy atom. The van der Waals surface area contributed by atoms with E-state index in [1.165, 1.54) is 18.3 Å². The van der Waals surface area contributed by atoms with Gasteiger partial charge in [0, 0.05) is 19.3 Å². The quantitative estimate of drug-likeness (QED) is 0.634. The van der Waals surface area contributed by atoms with Gasteiger partial charge in [0.15, 0.2) is 6.10 Å². The minimum atomic E-state index is -0.861. The number of carbonyl (C=O) groups excluding carboxylic acids is 2. The molecule has 1 aliphatic heterocycles. The van der Waals surface area contributed by atoms with Crippen LogP contribution in [0.5, 0.6) is 0 Å². The third-order valence-electron chi connectivity index (χ3n) is 3.59. The monoisotopic (exact) mass is 340 g/mol. The number of nitrogens with zero attached hydrogens (tertiary/aromatic N) is 1. The highest BCUT2D eigenvalue weighted by molar-refractivity contribution is 6.29. The maximum atomic E-state index is 12.3. The topological polar surface area (TPSA) is 77.5 Å². The number of rotatable bonds is 6. The molecule has 0 bridgehead atoms. The molecule has 126 valence electrons. The summed E-state index contributed by atoms with van der Waals surface area (Å²) in [5.74, 6) is -1.06. The number of nitrogens with one attached hydrogen (secondary N) is 1. The second-order valence-corrected chi connectivity index (χ2v) is 6.21. The summed E-state index contributed by atoms with van der Waals surface area (Å²) in [6, 6.07) is 3.01. The Bertz CT molecular complexity index is 542. The highest BCUT2D eigenvalue weighted by Gasteiger charge is 2.28. The second kappa shape index (κ2) is 8.26. The van der Waals surface area contributed by atoms with Gasteiger partial charge in [-0.3, -0.25) is 4.79 Å². The van der Waals surface area contributed by atoms with Crippen molar-refractivity contribution in [1.82, 2.24) is 10.3 Å². The van der Waals surface area contributed by atoms with Gasteiger partial charge >= 0.3 is 5.97 Å². The van der Waals surface area contributed by atoms with E-state index in [2.05, 4.69) is 10.3 Å². The van der Waals surface area contributed by atoms with Crippen LogP contribution in [0.4, 0.5) is 0 Å². The van der Waals surface area contributed by atoms with Crippen molar-refractivity contribution in [2.24, 2.45) is 5.92 Å². The molecular weight excluding hydrogens is 320 g/mol. The zero-order valence-electron chi connectivity index (χ0n) is 13.3. The number of carbonyl (C=O) groups is 2. The van der Waals surface area contributed by atoms with E-state index in [1.54, 1.807) is 0 Å². The van der Waals surface area contributed by atoms with E-state index in [1.807, 2.05) is 13.8 Å². The molecule has 1 fully saturated rings. The minimum absolute atomic E-state index is 0.0444. The molecule has 23 heavy (non-hydrogen) atoms. The van der Waals surface area contributed by atoms with Crippen LogP contribution < -0.4 is 5.32 Å². The van der Waals surface area contributed by atoms with E-state index in [0.717, 1.165) is 19.4 Å². The van der Waals surface area contributed by atoms with Gasteiger partial charge in [-0.15, -0.1) is 0 Å². The Balaban J connectivity index is 1.92. The number of ether oxygens (including phenoxy) is 2. The average molecular weight is 341 g/mol. The summed E-state index contributed by atoms with van der Waals surface area (Å²) in [5.41, 5.74) is 0.256. The molecule has 1 aliphatic rings. The van der Waals surface area contributed by atoms with Crippen LogP contribution in [0.25, 0.3) is 0 Å². The first-order chi connectivity index (χ1) is 11.0. The molecular formula is C16H21ClN2O4. The van der Waals surface area contributed by atoms with Crippen molar-refractivity contribution in [3.05, 3.63) is 29.0 Å². The lowest BCUT2D eigenvalue weighted by Gasteiger charge is -2.21. The molecule has 0 radical (unpaired) electrons. The third-order valence-corrected chi connectivity index (χ3v) is 3.81. The SMILES string of the molecule is CC(C)C(OC(=O)c1ccc(Cl)nc1)C(=O)NCC1CCCO1. The summed E-state index contributed by atoms with van der Waals surface area (Å²) in [6.07, 6.45) is 2.45. The molecule has 0 aliphatic carbocycles. The van der Waals surface area contributed by atoms with Gasteiger partial charge in [-0.2, -0.15) is 0 Å². The molecule has 6 nitrogen and oxygen atoms in total. The predicted molar refractivity (Wildman–Crippen MR) is 85.3 cm³/mol. The highest BCUT2D eigenvalue weighted by atomic mass is 35.5. The summed E-state index contributed by atoms with van der Waals surface area (Å²) >= 11 is 5.69. The smallest absolute Gasteiger partial charge is 0.340 e. The molecule has 0 saturated carbocycles. The molecule has 2 heterocycles. The molecule has 1 aromatic rings. The van der Waals surface area contributed by atoms with Gasteiger partial charge in [0.1, 0.15) is 5.15 Å². The first-order valence-electron chi connectivity index (χ1n) is 7.69. The van der Waals surface area contributed by atoms with Crippen molar-refractivity contribution in [2.75, 3.05) is 13.2 Å². The summed E-state index contributed by atoms with van der Waals surface area (Å²) in [7, 11) is 0. The van der Waals surface area contributed by atoms with Gasteiger partial charge in [0.05, 0.1) is 11.7 Å². The van der Waals surface area contributed by atoms with E-state index >= 15 is 0 Å². The van der Waals surface area contributed by atoms with E-state index in [4.69, 9.17) is 21.1 Å². The van der Waals surface area contributed by atoms with Crippen LogP contribution >= 0.6 is 11.6 Å². The first kappa shape index (κ1) is 17.7. The van der Waals surface area contributed by atoms with Crippen molar-refractivity contribution < 1.29 is 19.1 Å². The molecule has 1 saturated heterocycles. The normalized spacial score (nSPS) is 18.7. The third kappa shape index (κ3) is 5.18. The van der Waals surface area contributed by atoms with Gasteiger partial charge in [0.25, 0.3) is 5.91 Å². The fourth-order valence-electron chi connectivity index (χ4n) is 2.29. The second-order valence-electron chi connectivity index (χ2n) is 5.82. The summed E-state index contributed by atoms with van der Waals surface area (Å²) < 4.78 is 10.8. The van der Waals surface area contributed by atoms with Crippen molar-refractivity contribution in [1.29, 1.82) is 0 Å². The zero-order valence-corrected chi connectivity index (χ0v) is 14.0. The van der Waals surface area contributed by atoms with Crippen LogP contribution in [0.2, 0.25) is 5.15 Å². The lowest BCUT2D eigenvalue weighted by atomic mass is 10.1. The number of amides is 1. The maximum Gasteiger partial charge on any atom is 0.340 e. The number of halogens is 1. The Labute approximate surface area is 140 Å². The lowest BCUT2D eigenvalue weighted by molar-refractivity contribution is -0.132. The molecule has 1 aromatic heterocycles. The minimum Gasteiger partial charge on any atom is -0.448 e. The Hall–Kier alpha value is -1.66. The fourth-order valence-corrected chi connectivity index (χ4v) is 2.40. The number of pyridine rings is 1. The van der Waals surface area contributed by atoms with Crippen LogP contribution in [0.15, 0.2) is 18.3 Å². The summed E-state index contributed by atoms with van der Waals surface area (Å²) in [6.45, 7) is 4.81. The predicted octanol–water partition coefficient (Wildman–Crippen LogP) is 2.21. The lowest BCUT2D eigenvalue weighted by Crippen LogP contribution is -2.43. The summed E-state index contributed by atoms with van der Waals surface area (Å²) in [5, 5.41) is 3.08. The van der Waals surface area contributed by atoms with Crippen LogP contribution in [0, 0.1) is 5.92 Å². The number of esters is 1. The van der Waals surface area contributed by atoms with E-state index < -0.39 is 12.1 Å². The Kier molecular flexibility index (Phi) is 6.36. The van der Waals surface area contributed by atoms with Crippen molar-refractivity contribution in [2.45, 2.75) is 38.9 Å². The molecule has 0 aromatic carbocycles. The van der Waals surface area contributed by atoms with Crippen LogP contribution in [-0.2, 0) is 14.3 Å². The average Bonchev–Trinajstić information content (AvgIpc) is 3.03. The standard InChI is InChI=1S/C16H21ClN2O4/c1-10(2)14(15(20)19-9-12-4-3-7-22-12)23-16(21)11-5-6-13(17)18-8-11/h5-6,8,10,12,14H,3-4,7,9H2,1-2H3,(H,19,20). The number of aromatic nitrogens is 1. The fraction of sp³-hybridized carbons (Fsp3) is 0.562. The van der Waals surface area contributed by atoms with E-state index in [0.29, 0.717) is 6.54 Å². The van der Waals surface area contributed by atoms with Crippen molar-refractivity contribution >= 4 is 23.5 Å². The molecule has 2 unspecified atom stereocenters. The van der Waals surface area contributed by atoms with Gasteiger partial charge in [0.2, 0.25) is 0 Å². The van der Waals surface area contributed by atoms with E-state index in [9.17, 15) is 9.59 Å². The zero-order chi connectivity index (χ0) is 16.8. The largest absolute Gasteiger partial charge is 0.448 e. The van der Waals surface area contributed by atoms with Crippen LogP contribution in [0.3, 0.4) is 0 Å². The van der Waals surface area contributed by atoms with Crippen LogP contribution in [0.1, 0.15) is 37.0 Å². The maximum absolute atomic E-state index is 12.3. The molecule has 2 atom stereocenters. The molecule has 1 N–H and O–H groups in total.